The first-order valence-electron chi connectivity index (χ1n) is 5.97. The Kier molecular flexibility index (Phi) is 2.89. The number of imidazole rings is 1. The summed E-state index contributed by atoms with van der Waals surface area (Å²) >= 11 is 1.70. The average Bonchev–Trinajstić information content (AvgIpc) is 2.99. The van der Waals surface area contributed by atoms with E-state index in [-0.39, 0.29) is 6.04 Å². The summed E-state index contributed by atoms with van der Waals surface area (Å²) in [5.74, 6) is 1.01. The molecular formula is C14H15N3S. The molecule has 18 heavy (non-hydrogen) atoms. The summed E-state index contributed by atoms with van der Waals surface area (Å²) in [6.07, 6.45) is 0. The first-order valence-corrected chi connectivity index (χ1v) is 6.91. The molecule has 0 radical (unpaired) electrons. The predicted octanol–water partition coefficient (Wildman–Crippen LogP) is 2.95. The fraction of sp³-hybridized carbons (Fsp3) is 0.214. The molecule has 0 aliphatic heterocycles. The average molecular weight is 257 g/mol. The maximum absolute atomic E-state index is 5.97. The number of benzene rings is 1. The molecule has 0 fully saturated rings. The highest BCUT2D eigenvalue weighted by Gasteiger charge is 2.17. The van der Waals surface area contributed by atoms with E-state index >= 15 is 0 Å². The van der Waals surface area contributed by atoms with Crippen molar-refractivity contribution in [3.8, 4) is 0 Å². The van der Waals surface area contributed by atoms with Crippen LogP contribution in [-0.2, 0) is 0 Å². The number of aromatic nitrogens is 2. The minimum absolute atomic E-state index is 0.170. The molecule has 0 aliphatic carbocycles. The molecule has 1 aromatic carbocycles. The standard InChI is InChI=1S/C14H15N3S/c1-10-16-12-4-2-3-5-13(12)17(10)14(8-15)11-6-7-18-9-11/h2-7,9,14H,8,15H2,1H3. The molecule has 1 unspecified atom stereocenters. The summed E-state index contributed by atoms with van der Waals surface area (Å²) in [5.41, 5.74) is 9.41. The molecule has 3 aromatic rings. The minimum atomic E-state index is 0.170. The van der Waals surface area contributed by atoms with Crippen LogP contribution in [0.5, 0.6) is 0 Å². The Labute approximate surface area is 110 Å². The van der Waals surface area contributed by atoms with Crippen molar-refractivity contribution in [2.24, 2.45) is 5.73 Å². The van der Waals surface area contributed by atoms with E-state index in [1.807, 2.05) is 25.1 Å². The fourth-order valence-corrected chi connectivity index (χ4v) is 3.12. The smallest absolute Gasteiger partial charge is 0.107 e. The van der Waals surface area contributed by atoms with Crippen molar-refractivity contribution in [3.05, 3.63) is 52.5 Å². The SMILES string of the molecule is Cc1nc2ccccc2n1C(CN)c1ccsc1. The Morgan fingerprint density at radius 1 is 1.33 bits per heavy atom. The zero-order chi connectivity index (χ0) is 12.5. The third-order valence-corrected chi connectivity index (χ3v) is 3.94. The molecule has 1 atom stereocenters. The topological polar surface area (TPSA) is 43.8 Å². The van der Waals surface area contributed by atoms with Crippen molar-refractivity contribution in [2.45, 2.75) is 13.0 Å². The van der Waals surface area contributed by atoms with Gasteiger partial charge in [0.05, 0.1) is 17.1 Å². The van der Waals surface area contributed by atoms with E-state index in [1.54, 1.807) is 11.3 Å². The molecule has 2 heterocycles. The predicted molar refractivity (Wildman–Crippen MR) is 76.0 cm³/mol. The second-order valence-corrected chi connectivity index (χ2v) is 5.11. The monoisotopic (exact) mass is 257 g/mol. The number of aryl methyl sites for hydroxylation is 1. The molecule has 92 valence electrons. The Morgan fingerprint density at radius 3 is 2.89 bits per heavy atom. The second-order valence-electron chi connectivity index (χ2n) is 4.33. The number of para-hydroxylation sites is 2. The molecule has 3 nitrogen and oxygen atoms in total. The first-order chi connectivity index (χ1) is 8.81. The molecule has 0 saturated heterocycles. The van der Waals surface area contributed by atoms with Gasteiger partial charge in [-0.05, 0) is 41.4 Å². The summed E-state index contributed by atoms with van der Waals surface area (Å²) < 4.78 is 2.23. The molecule has 3 rings (SSSR count). The largest absolute Gasteiger partial charge is 0.328 e. The van der Waals surface area contributed by atoms with Gasteiger partial charge in [0.1, 0.15) is 5.82 Å². The summed E-state index contributed by atoms with van der Waals surface area (Å²) in [6, 6.07) is 10.5. The van der Waals surface area contributed by atoms with Gasteiger partial charge in [-0.1, -0.05) is 12.1 Å². The number of rotatable bonds is 3. The maximum atomic E-state index is 5.97. The van der Waals surface area contributed by atoms with Crippen molar-refractivity contribution in [1.82, 2.24) is 9.55 Å². The molecular weight excluding hydrogens is 242 g/mol. The van der Waals surface area contributed by atoms with E-state index in [0.29, 0.717) is 6.54 Å². The third kappa shape index (κ3) is 1.74. The van der Waals surface area contributed by atoms with Crippen molar-refractivity contribution in [1.29, 1.82) is 0 Å². The van der Waals surface area contributed by atoms with E-state index in [4.69, 9.17) is 5.73 Å². The van der Waals surface area contributed by atoms with Crippen molar-refractivity contribution in [2.75, 3.05) is 6.54 Å². The number of hydrogen-bond acceptors (Lipinski definition) is 3. The van der Waals surface area contributed by atoms with E-state index in [9.17, 15) is 0 Å². The summed E-state index contributed by atoms with van der Waals surface area (Å²) in [7, 11) is 0. The molecule has 2 aromatic heterocycles. The minimum Gasteiger partial charge on any atom is -0.328 e. The first kappa shape index (κ1) is 11.4. The van der Waals surface area contributed by atoms with Gasteiger partial charge in [0, 0.05) is 6.54 Å². The fourth-order valence-electron chi connectivity index (χ4n) is 2.41. The van der Waals surface area contributed by atoms with Gasteiger partial charge in [-0.15, -0.1) is 0 Å². The Balaban J connectivity index is 2.21. The molecule has 0 bridgehead atoms. The van der Waals surface area contributed by atoms with Crippen LogP contribution < -0.4 is 5.73 Å². The van der Waals surface area contributed by atoms with Crippen LogP contribution >= 0.6 is 11.3 Å². The van der Waals surface area contributed by atoms with E-state index in [0.717, 1.165) is 16.9 Å². The lowest BCUT2D eigenvalue weighted by Gasteiger charge is -2.18. The van der Waals surface area contributed by atoms with Crippen molar-refractivity contribution < 1.29 is 0 Å². The molecule has 4 heteroatoms. The van der Waals surface area contributed by atoms with Gasteiger partial charge in [-0.3, -0.25) is 0 Å². The number of thiophene rings is 1. The van der Waals surface area contributed by atoms with Gasteiger partial charge in [0.2, 0.25) is 0 Å². The molecule has 0 amide bonds. The van der Waals surface area contributed by atoms with Crippen LogP contribution in [0.2, 0.25) is 0 Å². The summed E-state index contributed by atoms with van der Waals surface area (Å²) in [5, 5.41) is 4.25. The normalized spacial score (nSPS) is 13.0. The zero-order valence-electron chi connectivity index (χ0n) is 10.2. The van der Waals surface area contributed by atoms with Crippen molar-refractivity contribution in [3.63, 3.8) is 0 Å². The van der Waals surface area contributed by atoms with Crippen LogP contribution in [0.1, 0.15) is 17.4 Å². The number of hydrogen-bond donors (Lipinski definition) is 1. The van der Waals surface area contributed by atoms with Crippen LogP contribution in [0.4, 0.5) is 0 Å². The summed E-state index contributed by atoms with van der Waals surface area (Å²) in [4.78, 5) is 4.60. The van der Waals surface area contributed by atoms with Crippen LogP contribution in [0.3, 0.4) is 0 Å². The molecule has 0 spiro atoms. The number of fused-ring (bicyclic) bond motifs is 1. The lowest BCUT2D eigenvalue weighted by Crippen LogP contribution is -2.20. The van der Waals surface area contributed by atoms with Gasteiger partial charge in [-0.2, -0.15) is 11.3 Å². The van der Waals surface area contributed by atoms with Crippen LogP contribution in [0.15, 0.2) is 41.1 Å². The van der Waals surface area contributed by atoms with E-state index < -0.39 is 0 Å². The second kappa shape index (κ2) is 4.55. The Bertz CT molecular complexity index is 655. The van der Waals surface area contributed by atoms with Crippen LogP contribution in [-0.4, -0.2) is 16.1 Å². The zero-order valence-corrected chi connectivity index (χ0v) is 11.0. The van der Waals surface area contributed by atoms with E-state index in [2.05, 4.69) is 32.4 Å². The number of nitrogens with two attached hydrogens (primary N) is 1. The maximum Gasteiger partial charge on any atom is 0.107 e. The lowest BCUT2D eigenvalue weighted by atomic mass is 10.1. The van der Waals surface area contributed by atoms with Gasteiger partial charge in [0.15, 0.2) is 0 Å². The Hall–Kier alpha value is -1.65. The van der Waals surface area contributed by atoms with Gasteiger partial charge in [0.25, 0.3) is 0 Å². The lowest BCUT2D eigenvalue weighted by molar-refractivity contribution is 0.596. The third-order valence-electron chi connectivity index (χ3n) is 3.24. The van der Waals surface area contributed by atoms with Crippen LogP contribution in [0, 0.1) is 6.92 Å². The number of nitrogens with zero attached hydrogens (tertiary/aromatic N) is 2. The molecule has 0 saturated carbocycles. The Morgan fingerprint density at radius 2 is 2.17 bits per heavy atom. The van der Waals surface area contributed by atoms with Crippen LogP contribution in [0.25, 0.3) is 11.0 Å². The summed E-state index contributed by atoms with van der Waals surface area (Å²) in [6.45, 7) is 2.62. The van der Waals surface area contributed by atoms with Crippen molar-refractivity contribution >= 4 is 22.4 Å². The highest BCUT2D eigenvalue weighted by Crippen LogP contribution is 2.26. The highest BCUT2D eigenvalue weighted by atomic mass is 32.1. The van der Waals surface area contributed by atoms with E-state index in [1.165, 1.54) is 5.56 Å². The van der Waals surface area contributed by atoms with Gasteiger partial charge < -0.3 is 10.3 Å². The highest BCUT2D eigenvalue weighted by molar-refractivity contribution is 7.07. The van der Waals surface area contributed by atoms with Gasteiger partial charge >= 0.3 is 0 Å². The molecule has 0 aliphatic rings. The molecule has 2 N–H and O–H groups in total. The quantitative estimate of drug-likeness (QED) is 0.784. The van der Waals surface area contributed by atoms with Gasteiger partial charge in [-0.25, -0.2) is 4.98 Å².